The van der Waals surface area contributed by atoms with Gasteiger partial charge in [-0.1, -0.05) is 41.5 Å². The third kappa shape index (κ3) is 5.51. The Morgan fingerprint density at radius 1 is 1.00 bits per heavy atom. The van der Waals surface area contributed by atoms with E-state index < -0.39 is 11.4 Å². The predicted octanol–water partition coefficient (Wildman–Crippen LogP) is 3.26. The summed E-state index contributed by atoms with van der Waals surface area (Å²) >= 11 is 0. The monoisotopic (exact) mass is 285 g/mol. The highest BCUT2D eigenvalue weighted by Crippen LogP contribution is 2.32. The van der Waals surface area contributed by atoms with E-state index in [1.165, 1.54) is 0 Å². The van der Waals surface area contributed by atoms with Crippen LogP contribution in [0.25, 0.3) is 0 Å². The van der Waals surface area contributed by atoms with E-state index in [-0.39, 0.29) is 18.2 Å². The van der Waals surface area contributed by atoms with Gasteiger partial charge in [0, 0.05) is 19.5 Å². The zero-order valence-corrected chi connectivity index (χ0v) is 14.1. The van der Waals surface area contributed by atoms with E-state index in [4.69, 9.17) is 0 Å². The van der Waals surface area contributed by atoms with Crippen LogP contribution in [0.4, 0.5) is 0 Å². The van der Waals surface area contributed by atoms with E-state index in [2.05, 4.69) is 27.7 Å². The normalized spacial score (nSPS) is 14.7. The predicted molar refractivity (Wildman–Crippen MR) is 81.5 cm³/mol. The number of carbonyl (C=O) groups is 2. The summed E-state index contributed by atoms with van der Waals surface area (Å²) in [4.78, 5) is 25.8. The van der Waals surface area contributed by atoms with Crippen molar-refractivity contribution >= 4 is 11.9 Å². The van der Waals surface area contributed by atoms with Crippen LogP contribution in [0.3, 0.4) is 0 Å². The topological polar surface area (TPSA) is 57.6 Å². The standard InChI is InChI=1S/C16H31NO3/c1-11(2)9-17(10-12(3)4)14(18)8-16(7,13(5)6)15(19)20/h11-13H,8-10H2,1-7H3,(H,19,20). The van der Waals surface area contributed by atoms with Crippen molar-refractivity contribution in [3.05, 3.63) is 0 Å². The van der Waals surface area contributed by atoms with E-state index >= 15 is 0 Å². The van der Waals surface area contributed by atoms with Gasteiger partial charge in [-0.25, -0.2) is 0 Å². The van der Waals surface area contributed by atoms with Gasteiger partial charge in [0.2, 0.25) is 5.91 Å². The van der Waals surface area contributed by atoms with Gasteiger partial charge in [0.25, 0.3) is 0 Å². The Kier molecular flexibility index (Phi) is 7.25. The fraction of sp³-hybridized carbons (Fsp3) is 0.875. The Balaban J connectivity index is 5.02. The molecule has 0 spiro atoms. The lowest BCUT2D eigenvalue weighted by Gasteiger charge is -2.33. The molecular weight excluding hydrogens is 254 g/mol. The summed E-state index contributed by atoms with van der Waals surface area (Å²) in [6.07, 6.45) is 0.0689. The molecule has 4 heteroatoms. The van der Waals surface area contributed by atoms with E-state index in [9.17, 15) is 14.7 Å². The summed E-state index contributed by atoms with van der Waals surface area (Å²) in [6, 6.07) is 0. The molecule has 1 atom stereocenters. The van der Waals surface area contributed by atoms with E-state index in [1.807, 2.05) is 18.7 Å². The Bertz CT molecular complexity index is 327. The molecule has 0 bridgehead atoms. The maximum Gasteiger partial charge on any atom is 0.310 e. The highest BCUT2D eigenvalue weighted by atomic mass is 16.4. The van der Waals surface area contributed by atoms with Crippen molar-refractivity contribution < 1.29 is 14.7 Å². The van der Waals surface area contributed by atoms with Gasteiger partial charge in [0.05, 0.1) is 5.41 Å². The second-order valence-corrected chi connectivity index (χ2v) is 7.14. The van der Waals surface area contributed by atoms with E-state index in [1.54, 1.807) is 6.92 Å². The molecule has 4 nitrogen and oxygen atoms in total. The van der Waals surface area contributed by atoms with Gasteiger partial charge in [-0.3, -0.25) is 9.59 Å². The molecule has 0 fully saturated rings. The Morgan fingerprint density at radius 2 is 1.40 bits per heavy atom. The highest BCUT2D eigenvalue weighted by Gasteiger charge is 2.39. The number of nitrogens with zero attached hydrogens (tertiary/aromatic N) is 1. The lowest BCUT2D eigenvalue weighted by molar-refractivity contribution is -0.155. The van der Waals surface area contributed by atoms with Gasteiger partial charge in [-0.15, -0.1) is 0 Å². The molecule has 0 aromatic heterocycles. The van der Waals surface area contributed by atoms with Crippen molar-refractivity contribution in [1.82, 2.24) is 4.90 Å². The Hall–Kier alpha value is -1.06. The second kappa shape index (κ2) is 7.65. The van der Waals surface area contributed by atoms with Crippen LogP contribution >= 0.6 is 0 Å². The highest BCUT2D eigenvalue weighted by molar-refractivity contribution is 5.85. The average Bonchev–Trinajstić information content (AvgIpc) is 2.25. The molecule has 0 saturated carbocycles. The van der Waals surface area contributed by atoms with Crippen LogP contribution in [0.1, 0.15) is 54.9 Å². The van der Waals surface area contributed by atoms with Crippen molar-refractivity contribution in [3.63, 3.8) is 0 Å². The molecule has 0 aliphatic rings. The summed E-state index contributed by atoms with van der Waals surface area (Å²) < 4.78 is 0. The first-order valence-electron chi connectivity index (χ1n) is 7.51. The number of hydrogen-bond donors (Lipinski definition) is 1. The number of rotatable bonds is 8. The molecule has 118 valence electrons. The fourth-order valence-corrected chi connectivity index (χ4v) is 2.11. The second-order valence-electron chi connectivity index (χ2n) is 7.14. The van der Waals surface area contributed by atoms with E-state index in [0.29, 0.717) is 24.9 Å². The van der Waals surface area contributed by atoms with Crippen LogP contribution in [0.5, 0.6) is 0 Å². The third-order valence-electron chi connectivity index (χ3n) is 3.81. The first-order chi connectivity index (χ1) is 9.00. The van der Waals surface area contributed by atoms with Gasteiger partial charge < -0.3 is 10.0 Å². The van der Waals surface area contributed by atoms with Crippen molar-refractivity contribution in [2.24, 2.45) is 23.2 Å². The van der Waals surface area contributed by atoms with Gasteiger partial charge in [-0.2, -0.15) is 0 Å². The number of aliphatic carboxylic acids is 1. The molecule has 0 aromatic carbocycles. The van der Waals surface area contributed by atoms with Crippen LogP contribution in [-0.2, 0) is 9.59 Å². The molecule has 0 aliphatic heterocycles. The SMILES string of the molecule is CC(C)CN(CC(C)C)C(=O)CC(C)(C(=O)O)C(C)C. The molecular formula is C16H31NO3. The zero-order chi connectivity index (χ0) is 16.1. The van der Waals surface area contributed by atoms with Gasteiger partial charge in [0.1, 0.15) is 0 Å². The fourth-order valence-electron chi connectivity index (χ4n) is 2.11. The average molecular weight is 285 g/mol. The number of amides is 1. The first-order valence-corrected chi connectivity index (χ1v) is 7.51. The summed E-state index contributed by atoms with van der Waals surface area (Å²) in [5, 5.41) is 9.43. The molecule has 1 amide bonds. The number of carboxylic acids is 1. The Morgan fingerprint density at radius 3 is 1.65 bits per heavy atom. The number of carbonyl (C=O) groups excluding carboxylic acids is 1. The van der Waals surface area contributed by atoms with Crippen LogP contribution in [-0.4, -0.2) is 35.0 Å². The smallest absolute Gasteiger partial charge is 0.310 e. The molecule has 20 heavy (non-hydrogen) atoms. The van der Waals surface area contributed by atoms with Gasteiger partial charge >= 0.3 is 5.97 Å². The lowest BCUT2D eigenvalue weighted by atomic mass is 9.76. The molecule has 0 aliphatic carbocycles. The minimum atomic E-state index is -0.997. The molecule has 0 saturated heterocycles. The van der Waals surface area contributed by atoms with Gasteiger partial charge in [-0.05, 0) is 24.7 Å². The number of carboxylic acid groups (broad SMARTS) is 1. The minimum absolute atomic E-state index is 0.0500. The minimum Gasteiger partial charge on any atom is -0.481 e. The lowest BCUT2D eigenvalue weighted by Crippen LogP contribution is -2.43. The molecule has 0 aromatic rings. The largest absolute Gasteiger partial charge is 0.481 e. The van der Waals surface area contributed by atoms with Crippen molar-refractivity contribution in [3.8, 4) is 0 Å². The van der Waals surface area contributed by atoms with E-state index in [0.717, 1.165) is 0 Å². The Labute approximate surface area is 123 Å². The number of hydrogen-bond acceptors (Lipinski definition) is 2. The molecule has 1 N–H and O–H groups in total. The van der Waals surface area contributed by atoms with Crippen molar-refractivity contribution in [2.45, 2.75) is 54.9 Å². The summed E-state index contributed by atoms with van der Waals surface area (Å²) in [5.41, 5.74) is -0.997. The molecule has 0 radical (unpaired) electrons. The molecule has 0 rings (SSSR count). The van der Waals surface area contributed by atoms with Crippen LogP contribution in [0.2, 0.25) is 0 Å². The third-order valence-corrected chi connectivity index (χ3v) is 3.81. The van der Waals surface area contributed by atoms with Crippen LogP contribution in [0.15, 0.2) is 0 Å². The zero-order valence-electron chi connectivity index (χ0n) is 14.1. The molecule has 1 unspecified atom stereocenters. The van der Waals surface area contributed by atoms with Crippen LogP contribution in [0, 0.1) is 23.2 Å². The maximum absolute atomic E-state index is 12.5. The summed E-state index contributed by atoms with van der Waals surface area (Å²) in [6.45, 7) is 15.0. The summed E-state index contributed by atoms with van der Waals surface area (Å²) in [7, 11) is 0. The van der Waals surface area contributed by atoms with Crippen LogP contribution < -0.4 is 0 Å². The molecule has 0 heterocycles. The quantitative estimate of drug-likeness (QED) is 0.744. The van der Waals surface area contributed by atoms with Crippen molar-refractivity contribution in [2.75, 3.05) is 13.1 Å². The maximum atomic E-state index is 12.5. The van der Waals surface area contributed by atoms with Crippen molar-refractivity contribution in [1.29, 1.82) is 0 Å². The van der Waals surface area contributed by atoms with Gasteiger partial charge in [0.15, 0.2) is 0 Å². The first kappa shape index (κ1) is 18.9. The summed E-state index contributed by atoms with van der Waals surface area (Å²) in [5.74, 6) is -0.259.